The summed E-state index contributed by atoms with van der Waals surface area (Å²) in [4.78, 5) is 0. The fourth-order valence-corrected chi connectivity index (χ4v) is 2.43. The van der Waals surface area contributed by atoms with Gasteiger partial charge in [-0.3, -0.25) is 0 Å². The summed E-state index contributed by atoms with van der Waals surface area (Å²) in [5, 5.41) is 10.2. The molecule has 0 aliphatic heterocycles. The van der Waals surface area contributed by atoms with E-state index in [4.69, 9.17) is 0 Å². The quantitative estimate of drug-likeness (QED) is 0.809. The molecule has 1 nitrogen and oxygen atoms in total. The molecule has 19 heavy (non-hydrogen) atoms. The lowest BCUT2D eigenvalue weighted by Crippen LogP contribution is -2.08. The summed E-state index contributed by atoms with van der Waals surface area (Å²) in [6.45, 7) is 3.72. The number of halogens is 3. The first-order chi connectivity index (χ1) is 8.91. The van der Waals surface area contributed by atoms with E-state index in [1.54, 1.807) is 19.1 Å². The summed E-state index contributed by atoms with van der Waals surface area (Å²) in [5.74, 6) is -1.53. The Labute approximate surface area is 119 Å². The van der Waals surface area contributed by atoms with Crippen LogP contribution in [-0.4, -0.2) is 5.11 Å². The fraction of sp³-hybridized carbons (Fsp3) is 0.200. The standard InChI is InChI=1S/C15H13BrF2O/c1-8-3-4-10(9(2)7-8)15(19)13-12(17)6-5-11(16)14(13)18/h3-7,15,19H,1-2H3. The van der Waals surface area contributed by atoms with Gasteiger partial charge in [0.25, 0.3) is 0 Å². The molecule has 0 bridgehead atoms. The van der Waals surface area contributed by atoms with Gasteiger partial charge in [0, 0.05) is 0 Å². The monoisotopic (exact) mass is 326 g/mol. The van der Waals surface area contributed by atoms with E-state index in [1.165, 1.54) is 6.07 Å². The van der Waals surface area contributed by atoms with Crippen LogP contribution in [0.15, 0.2) is 34.8 Å². The van der Waals surface area contributed by atoms with Crippen LogP contribution in [-0.2, 0) is 0 Å². The van der Waals surface area contributed by atoms with Crippen LogP contribution in [0.1, 0.15) is 28.4 Å². The van der Waals surface area contributed by atoms with Crippen molar-refractivity contribution >= 4 is 15.9 Å². The smallest absolute Gasteiger partial charge is 0.146 e. The first-order valence-electron chi connectivity index (χ1n) is 5.80. The first-order valence-corrected chi connectivity index (χ1v) is 6.59. The van der Waals surface area contributed by atoms with Gasteiger partial charge in [0.1, 0.15) is 17.7 Å². The highest BCUT2D eigenvalue weighted by Gasteiger charge is 2.22. The molecule has 2 rings (SSSR count). The van der Waals surface area contributed by atoms with Gasteiger partial charge < -0.3 is 5.11 Å². The molecule has 0 heterocycles. The minimum Gasteiger partial charge on any atom is -0.383 e. The Balaban J connectivity index is 2.56. The highest BCUT2D eigenvalue weighted by Crippen LogP contribution is 2.32. The minimum absolute atomic E-state index is 0.132. The van der Waals surface area contributed by atoms with Crippen molar-refractivity contribution in [3.63, 3.8) is 0 Å². The molecular formula is C15H13BrF2O. The molecule has 0 aliphatic rings. The van der Waals surface area contributed by atoms with Gasteiger partial charge in [-0.1, -0.05) is 23.8 Å². The third-order valence-electron chi connectivity index (χ3n) is 3.07. The lowest BCUT2D eigenvalue weighted by molar-refractivity contribution is 0.208. The Morgan fingerprint density at radius 1 is 1.11 bits per heavy atom. The topological polar surface area (TPSA) is 20.2 Å². The zero-order valence-corrected chi connectivity index (χ0v) is 12.1. The van der Waals surface area contributed by atoms with Crippen LogP contribution < -0.4 is 0 Å². The van der Waals surface area contributed by atoms with Crippen LogP contribution in [0.5, 0.6) is 0 Å². The van der Waals surface area contributed by atoms with Crippen LogP contribution in [0.25, 0.3) is 0 Å². The Kier molecular flexibility index (Phi) is 4.02. The Hall–Kier alpha value is -1.26. The van der Waals surface area contributed by atoms with E-state index in [-0.39, 0.29) is 10.0 Å². The molecule has 1 N–H and O–H groups in total. The van der Waals surface area contributed by atoms with E-state index >= 15 is 0 Å². The molecule has 0 saturated heterocycles. The molecule has 4 heteroatoms. The van der Waals surface area contributed by atoms with Crippen LogP contribution >= 0.6 is 15.9 Å². The van der Waals surface area contributed by atoms with Gasteiger partial charge in [0.15, 0.2) is 0 Å². The number of aryl methyl sites for hydroxylation is 2. The predicted molar refractivity (Wildman–Crippen MR) is 74.0 cm³/mol. The van der Waals surface area contributed by atoms with Crippen molar-refractivity contribution in [1.82, 2.24) is 0 Å². The summed E-state index contributed by atoms with van der Waals surface area (Å²) >= 11 is 3.00. The second kappa shape index (κ2) is 5.39. The van der Waals surface area contributed by atoms with Crippen molar-refractivity contribution in [2.45, 2.75) is 20.0 Å². The van der Waals surface area contributed by atoms with Crippen molar-refractivity contribution in [3.05, 3.63) is 68.7 Å². The minimum atomic E-state index is -1.32. The zero-order valence-electron chi connectivity index (χ0n) is 10.5. The van der Waals surface area contributed by atoms with Crippen molar-refractivity contribution < 1.29 is 13.9 Å². The third kappa shape index (κ3) is 2.69. The lowest BCUT2D eigenvalue weighted by Gasteiger charge is -2.16. The van der Waals surface area contributed by atoms with Crippen LogP contribution in [0.3, 0.4) is 0 Å². The average molecular weight is 327 g/mol. The summed E-state index contributed by atoms with van der Waals surface area (Å²) in [7, 11) is 0. The van der Waals surface area contributed by atoms with Gasteiger partial charge in [0.05, 0.1) is 10.0 Å². The summed E-state index contributed by atoms with van der Waals surface area (Å²) in [5.41, 5.74) is 2.00. The van der Waals surface area contributed by atoms with Crippen molar-refractivity contribution in [1.29, 1.82) is 0 Å². The second-order valence-electron chi connectivity index (χ2n) is 4.52. The number of aliphatic hydroxyl groups is 1. The van der Waals surface area contributed by atoms with E-state index in [0.29, 0.717) is 5.56 Å². The summed E-state index contributed by atoms with van der Waals surface area (Å²) in [6.07, 6.45) is -1.32. The molecule has 0 aromatic heterocycles. The van der Waals surface area contributed by atoms with Crippen LogP contribution in [0.2, 0.25) is 0 Å². The van der Waals surface area contributed by atoms with Crippen molar-refractivity contribution in [2.75, 3.05) is 0 Å². The van der Waals surface area contributed by atoms with Gasteiger partial charge in [-0.25, -0.2) is 8.78 Å². The molecule has 0 amide bonds. The maximum atomic E-state index is 14.0. The van der Waals surface area contributed by atoms with Crippen molar-refractivity contribution in [2.24, 2.45) is 0 Å². The molecule has 0 aliphatic carbocycles. The molecule has 0 radical (unpaired) electrons. The zero-order chi connectivity index (χ0) is 14.2. The lowest BCUT2D eigenvalue weighted by atomic mass is 9.95. The van der Waals surface area contributed by atoms with E-state index in [2.05, 4.69) is 15.9 Å². The number of rotatable bonds is 2. The van der Waals surface area contributed by atoms with Gasteiger partial charge in [-0.15, -0.1) is 0 Å². The SMILES string of the molecule is Cc1ccc(C(O)c2c(F)ccc(Br)c2F)c(C)c1. The molecule has 100 valence electrons. The number of hydrogen-bond donors (Lipinski definition) is 1. The van der Waals surface area contributed by atoms with Gasteiger partial charge >= 0.3 is 0 Å². The fourth-order valence-electron chi connectivity index (χ4n) is 2.08. The van der Waals surface area contributed by atoms with E-state index < -0.39 is 17.7 Å². The maximum Gasteiger partial charge on any atom is 0.146 e. The van der Waals surface area contributed by atoms with Gasteiger partial charge in [-0.05, 0) is 53.0 Å². The predicted octanol–water partition coefficient (Wildman–Crippen LogP) is 4.43. The van der Waals surface area contributed by atoms with Gasteiger partial charge in [0.2, 0.25) is 0 Å². The van der Waals surface area contributed by atoms with Gasteiger partial charge in [-0.2, -0.15) is 0 Å². The molecule has 0 saturated carbocycles. The highest BCUT2D eigenvalue weighted by molar-refractivity contribution is 9.10. The number of benzene rings is 2. The van der Waals surface area contributed by atoms with E-state index in [0.717, 1.165) is 17.2 Å². The summed E-state index contributed by atoms with van der Waals surface area (Å²) in [6, 6.07) is 7.78. The van der Waals surface area contributed by atoms with E-state index in [1.807, 2.05) is 13.0 Å². The second-order valence-corrected chi connectivity index (χ2v) is 5.37. The Bertz CT molecular complexity index is 626. The number of hydrogen-bond acceptors (Lipinski definition) is 1. The molecule has 1 unspecified atom stereocenters. The molecule has 0 fully saturated rings. The molecular weight excluding hydrogens is 314 g/mol. The molecule has 1 atom stereocenters. The molecule has 2 aromatic rings. The average Bonchev–Trinajstić information content (AvgIpc) is 2.34. The third-order valence-corrected chi connectivity index (χ3v) is 3.69. The Morgan fingerprint density at radius 2 is 1.79 bits per heavy atom. The van der Waals surface area contributed by atoms with E-state index in [9.17, 15) is 13.9 Å². The molecule has 0 spiro atoms. The highest BCUT2D eigenvalue weighted by atomic mass is 79.9. The normalized spacial score (nSPS) is 12.5. The number of aliphatic hydroxyl groups excluding tert-OH is 1. The van der Waals surface area contributed by atoms with Crippen LogP contribution in [0.4, 0.5) is 8.78 Å². The summed E-state index contributed by atoms with van der Waals surface area (Å²) < 4.78 is 27.9. The first kappa shape index (κ1) is 14.2. The Morgan fingerprint density at radius 3 is 2.42 bits per heavy atom. The molecule has 2 aromatic carbocycles. The largest absolute Gasteiger partial charge is 0.383 e. The van der Waals surface area contributed by atoms with Crippen molar-refractivity contribution in [3.8, 4) is 0 Å². The maximum absolute atomic E-state index is 14.0. The van der Waals surface area contributed by atoms with Crippen LogP contribution in [0, 0.1) is 25.5 Å².